The topological polar surface area (TPSA) is 92.2 Å². The van der Waals surface area contributed by atoms with Crippen molar-refractivity contribution in [3.8, 4) is 6.01 Å². The maximum atomic E-state index is 8.60. The molecule has 0 saturated carbocycles. The van der Waals surface area contributed by atoms with Gasteiger partial charge in [0.2, 0.25) is 11.9 Å². The van der Waals surface area contributed by atoms with E-state index in [1.165, 1.54) is 7.11 Å². The van der Waals surface area contributed by atoms with E-state index in [1.807, 2.05) is 0 Å². The average Bonchev–Trinajstić information content (AvgIpc) is 2.25. The van der Waals surface area contributed by atoms with Crippen molar-refractivity contribution < 1.29 is 9.84 Å². The fourth-order valence-electron chi connectivity index (χ4n) is 0.806. The molecule has 0 fully saturated rings. The van der Waals surface area contributed by atoms with Crippen LogP contribution >= 0.6 is 0 Å². The van der Waals surface area contributed by atoms with Gasteiger partial charge in [-0.15, -0.1) is 0 Å². The fourth-order valence-corrected chi connectivity index (χ4v) is 0.806. The molecule has 7 nitrogen and oxygen atoms in total. The first-order chi connectivity index (χ1) is 6.80. The molecule has 0 spiro atoms. The predicted molar refractivity (Wildman–Crippen MR) is 51.5 cm³/mol. The fraction of sp³-hybridized carbons (Fsp3) is 0.571. The molecular formula is C7H13N5O2. The Bertz CT molecular complexity index is 271. The van der Waals surface area contributed by atoms with Crippen LogP contribution in [-0.4, -0.2) is 47.4 Å². The molecule has 0 aliphatic heterocycles. The number of aliphatic hydroxyl groups excluding tert-OH is 1. The largest absolute Gasteiger partial charge is 0.467 e. The minimum Gasteiger partial charge on any atom is -0.467 e. The Kier molecular flexibility index (Phi) is 3.86. The van der Waals surface area contributed by atoms with Crippen LogP contribution in [0.15, 0.2) is 0 Å². The van der Waals surface area contributed by atoms with Crippen LogP contribution in [0.1, 0.15) is 0 Å². The first kappa shape index (κ1) is 10.5. The molecule has 0 unspecified atom stereocenters. The van der Waals surface area contributed by atoms with Gasteiger partial charge in [0, 0.05) is 13.6 Å². The van der Waals surface area contributed by atoms with Gasteiger partial charge < -0.3 is 20.5 Å². The highest BCUT2D eigenvalue weighted by Crippen LogP contribution is 2.09. The molecule has 7 heteroatoms. The molecule has 1 rings (SSSR count). The molecule has 1 heterocycles. The van der Waals surface area contributed by atoms with Gasteiger partial charge in [0.25, 0.3) is 0 Å². The van der Waals surface area contributed by atoms with E-state index in [1.54, 1.807) is 7.05 Å². The summed E-state index contributed by atoms with van der Waals surface area (Å²) >= 11 is 0. The van der Waals surface area contributed by atoms with Crippen LogP contribution in [-0.2, 0) is 0 Å². The zero-order valence-corrected chi connectivity index (χ0v) is 8.11. The van der Waals surface area contributed by atoms with Crippen molar-refractivity contribution in [3.05, 3.63) is 0 Å². The number of aliphatic hydroxyl groups is 1. The monoisotopic (exact) mass is 199 g/mol. The Hall–Kier alpha value is -1.63. The number of nitrogens with zero attached hydrogens (tertiary/aromatic N) is 3. The lowest BCUT2D eigenvalue weighted by Crippen LogP contribution is -2.11. The second-order valence-electron chi connectivity index (χ2n) is 2.37. The minimum absolute atomic E-state index is 0.0168. The second kappa shape index (κ2) is 5.18. The Morgan fingerprint density at radius 1 is 1.29 bits per heavy atom. The van der Waals surface area contributed by atoms with Crippen LogP contribution < -0.4 is 15.4 Å². The van der Waals surface area contributed by atoms with E-state index in [9.17, 15) is 0 Å². The number of hydrogen-bond acceptors (Lipinski definition) is 7. The van der Waals surface area contributed by atoms with E-state index < -0.39 is 0 Å². The molecule has 0 atom stereocenters. The van der Waals surface area contributed by atoms with Gasteiger partial charge in [-0.3, -0.25) is 0 Å². The van der Waals surface area contributed by atoms with E-state index in [2.05, 4.69) is 25.6 Å². The molecule has 0 aliphatic rings. The molecule has 0 amide bonds. The summed E-state index contributed by atoms with van der Waals surface area (Å²) in [7, 11) is 3.18. The number of rotatable bonds is 5. The third-order valence-electron chi connectivity index (χ3n) is 1.42. The molecule has 3 N–H and O–H groups in total. The Morgan fingerprint density at radius 2 is 2.00 bits per heavy atom. The van der Waals surface area contributed by atoms with E-state index in [0.717, 1.165) is 0 Å². The van der Waals surface area contributed by atoms with E-state index in [0.29, 0.717) is 18.4 Å². The number of nitrogens with one attached hydrogen (secondary N) is 2. The number of aromatic nitrogens is 3. The first-order valence-corrected chi connectivity index (χ1v) is 4.12. The van der Waals surface area contributed by atoms with Gasteiger partial charge in [0.05, 0.1) is 13.7 Å². The summed E-state index contributed by atoms with van der Waals surface area (Å²) in [4.78, 5) is 11.9. The van der Waals surface area contributed by atoms with Crippen molar-refractivity contribution in [3.63, 3.8) is 0 Å². The zero-order chi connectivity index (χ0) is 10.4. The van der Waals surface area contributed by atoms with E-state index in [4.69, 9.17) is 9.84 Å². The maximum absolute atomic E-state index is 8.60. The molecular weight excluding hydrogens is 186 g/mol. The van der Waals surface area contributed by atoms with Crippen molar-refractivity contribution in [1.29, 1.82) is 0 Å². The van der Waals surface area contributed by atoms with Gasteiger partial charge in [0.1, 0.15) is 0 Å². The summed E-state index contributed by atoms with van der Waals surface area (Å²) in [6.45, 7) is 0.402. The van der Waals surface area contributed by atoms with Gasteiger partial charge in [-0.1, -0.05) is 0 Å². The second-order valence-corrected chi connectivity index (χ2v) is 2.37. The highest BCUT2D eigenvalue weighted by Gasteiger charge is 2.04. The first-order valence-electron chi connectivity index (χ1n) is 4.12. The highest BCUT2D eigenvalue weighted by atomic mass is 16.5. The number of ether oxygens (including phenoxy) is 1. The maximum Gasteiger partial charge on any atom is 0.322 e. The molecule has 0 aliphatic carbocycles. The Morgan fingerprint density at radius 3 is 2.57 bits per heavy atom. The Balaban J connectivity index is 2.81. The van der Waals surface area contributed by atoms with E-state index >= 15 is 0 Å². The van der Waals surface area contributed by atoms with Crippen molar-refractivity contribution in [1.82, 2.24) is 15.0 Å². The third kappa shape index (κ3) is 2.70. The molecule has 78 valence electrons. The molecule has 0 bridgehead atoms. The van der Waals surface area contributed by atoms with Crippen molar-refractivity contribution in [2.24, 2.45) is 0 Å². The lowest BCUT2D eigenvalue weighted by molar-refractivity contribution is 0.310. The average molecular weight is 199 g/mol. The molecule has 14 heavy (non-hydrogen) atoms. The summed E-state index contributed by atoms with van der Waals surface area (Å²) < 4.78 is 4.87. The van der Waals surface area contributed by atoms with Crippen LogP contribution in [0, 0.1) is 0 Å². The number of methoxy groups -OCH3 is 1. The smallest absolute Gasteiger partial charge is 0.322 e. The van der Waals surface area contributed by atoms with Gasteiger partial charge in [-0.2, -0.15) is 15.0 Å². The van der Waals surface area contributed by atoms with Gasteiger partial charge in [-0.05, 0) is 0 Å². The van der Waals surface area contributed by atoms with Crippen LogP contribution in [0.3, 0.4) is 0 Å². The van der Waals surface area contributed by atoms with Gasteiger partial charge in [0.15, 0.2) is 0 Å². The quantitative estimate of drug-likeness (QED) is 0.579. The minimum atomic E-state index is 0.0168. The van der Waals surface area contributed by atoms with Crippen LogP contribution in [0.5, 0.6) is 6.01 Å². The molecule has 0 radical (unpaired) electrons. The summed E-state index contributed by atoms with van der Waals surface area (Å²) in [6.07, 6.45) is 0. The summed E-state index contributed by atoms with van der Waals surface area (Å²) in [6, 6.07) is 0.227. The summed E-state index contributed by atoms with van der Waals surface area (Å²) in [5.41, 5.74) is 0. The zero-order valence-electron chi connectivity index (χ0n) is 8.11. The molecule has 1 aromatic rings. The molecule has 1 aromatic heterocycles. The lowest BCUT2D eigenvalue weighted by Gasteiger charge is -2.06. The predicted octanol–water partition coefficient (Wildman–Crippen LogP) is -0.674. The Labute approximate surface area is 81.6 Å². The summed E-state index contributed by atoms with van der Waals surface area (Å²) in [5, 5.41) is 14.2. The number of anilines is 2. The lowest BCUT2D eigenvalue weighted by atomic mass is 10.7. The summed E-state index contributed by atoms with van der Waals surface area (Å²) in [5.74, 6) is 0.785. The normalized spacial score (nSPS) is 9.64. The molecule has 0 saturated heterocycles. The SMILES string of the molecule is CNc1nc(NCCO)nc(OC)n1. The van der Waals surface area contributed by atoms with E-state index in [-0.39, 0.29) is 12.6 Å². The third-order valence-corrected chi connectivity index (χ3v) is 1.42. The van der Waals surface area contributed by atoms with Gasteiger partial charge >= 0.3 is 6.01 Å². The van der Waals surface area contributed by atoms with Crippen LogP contribution in [0.4, 0.5) is 11.9 Å². The highest BCUT2D eigenvalue weighted by molar-refractivity contribution is 5.35. The van der Waals surface area contributed by atoms with Crippen molar-refractivity contribution in [2.75, 3.05) is 37.9 Å². The van der Waals surface area contributed by atoms with Crippen molar-refractivity contribution in [2.45, 2.75) is 0 Å². The van der Waals surface area contributed by atoms with Crippen LogP contribution in [0.2, 0.25) is 0 Å². The number of hydrogen-bond donors (Lipinski definition) is 3. The van der Waals surface area contributed by atoms with Crippen LogP contribution in [0.25, 0.3) is 0 Å². The standard InChI is InChI=1S/C7H13N5O2/c1-8-5-10-6(9-3-4-13)12-7(11-5)14-2/h13H,3-4H2,1-2H3,(H2,8,9,10,11,12). The van der Waals surface area contributed by atoms with Gasteiger partial charge in [-0.25, -0.2) is 0 Å². The van der Waals surface area contributed by atoms with Crippen molar-refractivity contribution >= 4 is 11.9 Å². The molecule has 0 aromatic carbocycles.